The summed E-state index contributed by atoms with van der Waals surface area (Å²) in [5.41, 5.74) is 0. The first kappa shape index (κ1) is 11.9. The predicted molar refractivity (Wildman–Crippen MR) is 64.9 cm³/mol. The Morgan fingerprint density at radius 3 is 2.75 bits per heavy atom. The highest BCUT2D eigenvalue weighted by molar-refractivity contribution is 5.83. The van der Waals surface area contributed by atoms with E-state index in [0.717, 1.165) is 25.3 Å². The Morgan fingerprint density at radius 2 is 2.19 bits per heavy atom. The molecule has 2 fully saturated rings. The number of nitrogens with one attached hydrogen (secondary N) is 1. The molecule has 0 bridgehead atoms. The van der Waals surface area contributed by atoms with Gasteiger partial charge < -0.3 is 4.90 Å². The van der Waals surface area contributed by atoms with Crippen LogP contribution in [0.3, 0.4) is 0 Å². The van der Waals surface area contributed by atoms with Crippen molar-refractivity contribution in [2.75, 3.05) is 6.54 Å². The number of carbonyl (C=O) groups is 1. The highest BCUT2D eigenvalue weighted by atomic mass is 16.2. The molecule has 1 aliphatic carbocycles. The molecule has 3 atom stereocenters. The maximum absolute atomic E-state index is 12.0. The molecule has 1 aliphatic heterocycles. The number of rotatable bonds is 5. The topological polar surface area (TPSA) is 32.3 Å². The molecule has 3 unspecified atom stereocenters. The molecule has 2 aliphatic rings. The second-order valence-electron chi connectivity index (χ2n) is 5.50. The highest BCUT2D eigenvalue weighted by Crippen LogP contribution is 2.37. The molecule has 2 rings (SSSR count). The van der Waals surface area contributed by atoms with Crippen LogP contribution in [0.4, 0.5) is 0 Å². The summed E-state index contributed by atoms with van der Waals surface area (Å²) in [5, 5.41) is 3.40. The van der Waals surface area contributed by atoms with Crippen LogP contribution in [0, 0.1) is 11.8 Å². The number of hydrogen-bond acceptors (Lipinski definition) is 2. The Labute approximate surface area is 98.6 Å². The number of carbonyl (C=O) groups excluding carboxylic acids is 1. The Balaban J connectivity index is 1.94. The van der Waals surface area contributed by atoms with Crippen LogP contribution in [0.5, 0.6) is 0 Å². The third-order valence-electron chi connectivity index (χ3n) is 3.95. The summed E-state index contributed by atoms with van der Waals surface area (Å²) in [6, 6.07) is 0.0166. The first-order valence-electron chi connectivity index (χ1n) is 6.70. The van der Waals surface area contributed by atoms with Crippen molar-refractivity contribution in [3.63, 3.8) is 0 Å². The third kappa shape index (κ3) is 2.40. The second kappa shape index (κ2) is 4.74. The first-order valence-corrected chi connectivity index (χ1v) is 6.70. The SMILES string of the molecule is CCCC1NC(C)C(=O)N1CC(C)C1CC1. The van der Waals surface area contributed by atoms with E-state index in [4.69, 9.17) is 0 Å². The summed E-state index contributed by atoms with van der Waals surface area (Å²) in [7, 11) is 0. The fourth-order valence-electron chi connectivity index (χ4n) is 2.71. The van der Waals surface area contributed by atoms with E-state index in [0.29, 0.717) is 11.8 Å². The molecular weight excluding hydrogens is 200 g/mol. The minimum atomic E-state index is 0.0166. The summed E-state index contributed by atoms with van der Waals surface area (Å²) in [6.45, 7) is 7.40. The molecule has 0 radical (unpaired) electrons. The van der Waals surface area contributed by atoms with Crippen molar-refractivity contribution in [1.29, 1.82) is 0 Å². The molecule has 3 nitrogen and oxygen atoms in total. The van der Waals surface area contributed by atoms with Gasteiger partial charge in [-0.15, -0.1) is 0 Å². The number of amides is 1. The van der Waals surface area contributed by atoms with Gasteiger partial charge in [-0.05, 0) is 38.0 Å². The molecular formula is C13H24N2O. The molecule has 1 N–H and O–H groups in total. The van der Waals surface area contributed by atoms with E-state index in [9.17, 15) is 4.79 Å². The molecule has 0 aromatic rings. The van der Waals surface area contributed by atoms with E-state index < -0.39 is 0 Å². The summed E-state index contributed by atoms with van der Waals surface area (Å²) in [5.74, 6) is 1.85. The van der Waals surface area contributed by atoms with Gasteiger partial charge in [-0.2, -0.15) is 0 Å². The van der Waals surface area contributed by atoms with Gasteiger partial charge >= 0.3 is 0 Å². The maximum Gasteiger partial charge on any atom is 0.240 e. The molecule has 1 amide bonds. The van der Waals surface area contributed by atoms with Crippen LogP contribution in [0.25, 0.3) is 0 Å². The zero-order chi connectivity index (χ0) is 11.7. The van der Waals surface area contributed by atoms with E-state index in [1.807, 2.05) is 6.92 Å². The van der Waals surface area contributed by atoms with Crippen molar-refractivity contribution < 1.29 is 4.79 Å². The van der Waals surface area contributed by atoms with E-state index >= 15 is 0 Å². The van der Waals surface area contributed by atoms with Crippen LogP contribution in [0.2, 0.25) is 0 Å². The highest BCUT2D eigenvalue weighted by Gasteiger charge is 2.38. The van der Waals surface area contributed by atoms with Crippen LogP contribution in [0.15, 0.2) is 0 Å². The van der Waals surface area contributed by atoms with Crippen molar-refractivity contribution in [3.8, 4) is 0 Å². The van der Waals surface area contributed by atoms with Crippen molar-refractivity contribution in [2.24, 2.45) is 11.8 Å². The van der Waals surface area contributed by atoms with Gasteiger partial charge in [0.25, 0.3) is 0 Å². The zero-order valence-electron chi connectivity index (χ0n) is 10.7. The molecule has 1 saturated carbocycles. The summed E-state index contributed by atoms with van der Waals surface area (Å²) >= 11 is 0. The summed E-state index contributed by atoms with van der Waals surface area (Å²) in [6.07, 6.45) is 5.23. The van der Waals surface area contributed by atoms with Gasteiger partial charge in [0.15, 0.2) is 0 Å². The Kier molecular flexibility index (Phi) is 3.53. The lowest BCUT2D eigenvalue weighted by Crippen LogP contribution is -2.40. The monoisotopic (exact) mass is 224 g/mol. The van der Waals surface area contributed by atoms with Gasteiger partial charge in [0, 0.05) is 6.54 Å². The molecule has 0 aromatic heterocycles. The summed E-state index contributed by atoms with van der Waals surface area (Å²) in [4.78, 5) is 14.1. The van der Waals surface area contributed by atoms with Crippen LogP contribution >= 0.6 is 0 Å². The van der Waals surface area contributed by atoms with Crippen molar-refractivity contribution in [3.05, 3.63) is 0 Å². The minimum absolute atomic E-state index is 0.0166. The molecule has 1 saturated heterocycles. The summed E-state index contributed by atoms with van der Waals surface area (Å²) < 4.78 is 0. The Hall–Kier alpha value is -0.570. The van der Waals surface area contributed by atoms with E-state index in [1.165, 1.54) is 12.8 Å². The first-order chi connectivity index (χ1) is 7.63. The van der Waals surface area contributed by atoms with Gasteiger partial charge in [-0.25, -0.2) is 0 Å². The van der Waals surface area contributed by atoms with Crippen LogP contribution in [-0.2, 0) is 4.79 Å². The molecule has 1 heterocycles. The van der Waals surface area contributed by atoms with E-state index in [1.54, 1.807) is 0 Å². The van der Waals surface area contributed by atoms with E-state index in [-0.39, 0.29) is 12.2 Å². The fourth-order valence-corrected chi connectivity index (χ4v) is 2.71. The van der Waals surface area contributed by atoms with Crippen LogP contribution in [0.1, 0.15) is 46.5 Å². The largest absolute Gasteiger partial charge is 0.326 e. The fraction of sp³-hybridized carbons (Fsp3) is 0.923. The molecule has 0 spiro atoms. The third-order valence-corrected chi connectivity index (χ3v) is 3.95. The predicted octanol–water partition coefficient (Wildman–Crippen LogP) is 1.98. The van der Waals surface area contributed by atoms with Gasteiger partial charge in [0.2, 0.25) is 5.91 Å². The average molecular weight is 224 g/mol. The second-order valence-corrected chi connectivity index (χ2v) is 5.50. The van der Waals surface area contributed by atoms with Crippen molar-refractivity contribution in [1.82, 2.24) is 10.2 Å². The smallest absolute Gasteiger partial charge is 0.240 e. The molecule has 3 heteroatoms. The average Bonchev–Trinajstić information content (AvgIpc) is 3.04. The normalized spacial score (nSPS) is 32.2. The molecule has 92 valence electrons. The lowest BCUT2D eigenvalue weighted by atomic mass is 10.1. The van der Waals surface area contributed by atoms with Crippen molar-refractivity contribution >= 4 is 5.91 Å². The van der Waals surface area contributed by atoms with Gasteiger partial charge in [0.05, 0.1) is 12.2 Å². The van der Waals surface area contributed by atoms with Gasteiger partial charge in [0.1, 0.15) is 0 Å². The van der Waals surface area contributed by atoms with Crippen LogP contribution in [-0.4, -0.2) is 29.6 Å². The number of nitrogens with zero attached hydrogens (tertiary/aromatic N) is 1. The van der Waals surface area contributed by atoms with Gasteiger partial charge in [-0.1, -0.05) is 20.3 Å². The zero-order valence-corrected chi connectivity index (χ0v) is 10.7. The lowest BCUT2D eigenvalue weighted by Gasteiger charge is -2.27. The van der Waals surface area contributed by atoms with Crippen LogP contribution < -0.4 is 5.32 Å². The lowest BCUT2D eigenvalue weighted by molar-refractivity contribution is -0.130. The van der Waals surface area contributed by atoms with Gasteiger partial charge in [-0.3, -0.25) is 10.1 Å². The molecule has 16 heavy (non-hydrogen) atoms. The quantitative estimate of drug-likeness (QED) is 0.774. The van der Waals surface area contributed by atoms with Crippen molar-refractivity contribution in [2.45, 2.75) is 58.7 Å². The maximum atomic E-state index is 12.0. The minimum Gasteiger partial charge on any atom is -0.326 e. The Bertz CT molecular complexity index is 263. The standard InChI is InChI=1S/C13H24N2O/c1-4-5-12-14-10(3)13(16)15(12)8-9(2)11-6-7-11/h9-12,14H,4-8H2,1-3H3. The number of hydrogen-bond donors (Lipinski definition) is 1. The van der Waals surface area contributed by atoms with E-state index in [2.05, 4.69) is 24.1 Å². The Morgan fingerprint density at radius 1 is 1.50 bits per heavy atom. The molecule has 0 aromatic carbocycles.